The van der Waals surface area contributed by atoms with Crippen molar-refractivity contribution in [2.75, 3.05) is 0 Å². The largest absolute Gasteiger partial charge is 1.00 e. The van der Waals surface area contributed by atoms with E-state index < -0.39 is 10.1 Å². The minimum absolute atomic E-state index is 0. The standard InChI is InChI=1S/C26H40O3S.Na/c1-3-5-7-9-11-13-16-22-18-15-19-23-20-24(17-14-12-10-8-6-4-2)26(21-25(22)23)30(27,28)29;/h15,18-21H,3-14,16-17H2,1-2H3,(H,27,28,29);/q;+1/p-1. The van der Waals surface area contributed by atoms with Crippen LogP contribution in [0, 0.1) is 0 Å². The van der Waals surface area contributed by atoms with Crippen molar-refractivity contribution in [3.8, 4) is 0 Å². The molecule has 31 heavy (non-hydrogen) atoms. The molecule has 2 aromatic rings. The summed E-state index contributed by atoms with van der Waals surface area (Å²) in [4.78, 5) is -0.0149. The summed E-state index contributed by atoms with van der Waals surface area (Å²) in [6.07, 6.45) is 15.8. The predicted octanol–water partition coefficient (Wildman–Crippen LogP) is 4.55. The predicted molar refractivity (Wildman–Crippen MR) is 126 cm³/mol. The quantitative estimate of drug-likeness (QED) is 0.225. The van der Waals surface area contributed by atoms with Crippen LogP contribution in [-0.4, -0.2) is 13.0 Å². The molecule has 0 N–H and O–H groups in total. The maximum Gasteiger partial charge on any atom is 1.00 e. The van der Waals surface area contributed by atoms with E-state index in [4.69, 9.17) is 0 Å². The molecular weight excluding hydrogens is 415 g/mol. The molecule has 2 aromatic carbocycles. The van der Waals surface area contributed by atoms with Gasteiger partial charge in [0.2, 0.25) is 0 Å². The molecule has 2 rings (SSSR count). The van der Waals surface area contributed by atoms with Crippen LogP contribution in [0.3, 0.4) is 0 Å². The number of fused-ring (bicyclic) bond motifs is 1. The van der Waals surface area contributed by atoms with Gasteiger partial charge in [-0.3, -0.25) is 0 Å². The number of rotatable bonds is 15. The zero-order valence-corrected chi connectivity index (χ0v) is 22.7. The fourth-order valence-corrected chi connectivity index (χ4v) is 5.00. The van der Waals surface area contributed by atoms with E-state index in [9.17, 15) is 13.0 Å². The Balaban J connectivity index is 0.00000480. The molecule has 168 valence electrons. The molecule has 0 atom stereocenters. The SMILES string of the molecule is CCCCCCCCc1cc2cccc(CCCCCCCC)c2cc1S(=O)(=O)[O-].[Na+]. The van der Waals surface area contributed by atoms with Crippen molar-refractivity contribution in [3.05, 3.63) is 41.5 Å². The molecule has 0 aliphatic carbocycles. The molecule has 0 amide bonds. The average Bonchev–Trinajstić information content (AvgIpc) is 2.72. The summed E-state index contributed by atoms with van der Waals surface area (Å²) in [5, 5.41) is 1.97. The van der Waals surface area contributed by atoms with Crippen molar-refractivity contribution in [3.63, 3.8) is 0 Å². The number of aryl methyl sites for hydroxylation is 2. The van der Waals surface area contributed by atoms with Crippen molar-refractivity contribution < 1.29 is 42.5 Å². The number of unbranched alkanes of at least 4 members (excludes halogenated alkanes) is 10. The Morgan fingerprint density at radius 2 is 1.23 bits per heavy atom. The molecule has 0 bridgehead atoms. The van der Waals surface area contributed by atoms with Gasteiger partial charge in [0.1, 0.15) is 10.1 Å². The van der Waals surface area contributed by atoms with Crippen LogP contribution in [0.25, 0.3) is 10.8 Å². The van der Waals surface area contributed by atoms with Crippen molar-refractivity contribution in [2.45, 2.75) is 109 Å². The Kier molecular flexibility index (Phi) is 14.3. The van der Waals surface area contributed by atoms with Crippen LogP contribution in [-0.2, 0) is 23.0 Å². The Hall–Kier alpha value is -0.390. The number of hydrogen-bond acceptors (Lipinski definition) is 3. The maximum absolute atomic E-state index is 12.0. The second kappa shape index (κ2) is 15.4. The van der Waals surface area contributed by atoms with Gasteiger partial charge in [-0.1, -0.05) is 96.3 Å². The first-order chi connectivity index (χ1) is 14.5. The molecule has 0 heterocycles. The minimum atomic E-state index is -4.48. The molecular formula is C26H39NaO3S. The van der Waals surface area contributed by atoms with Crippen molar-refractivity contribution >= 4 is 20.9 Å². The second-order valence-electron chi connectivity index (χ2n) is 8.59. The Morgan fingerprint density at radius 1 is 0.710 bits per heavy atom. The summed E-state index contributed by atoms with van der Waals surface area (Å²) in [6, 6.07) is 9.75. The van der Waals surface area contributed by atoms with E-state index in [-0.39, 0.29) is 34.5 Å². The molecule has 0 fully saturated rings. The summed E-state index contributed by atoms with van der Waals surface area (Å²) >= 11 is 0. The third kappa shape index (κ3) is 9.96. The summed E-state index contributed by atoms with van der Waals surface area (Å²) in [5.41, 5.74) is 1.84. The molecule has 0 saturated carbocycles. The van der Waals surface area contributed by atoms with Gasteiger partial charge in [-0.2, -0.15) is 0 Å². The van der Waals surface area contributed by atoms with Gasteiger partial charge in [-0.15, -0.1) is 0 Å². The van der Waals surface area contributed by atoms with Gasteiger partial charge in [0.05, 0.1) is 4.90 Å². The van der Waals surface area contributed by atoms with Gasteiger partial charge in [0, 0.05) is 0 Å². The summed E-state index contributed by atoms with van der Waals surface area (Å²) in [6.45, 7) is 4.42. The van der Waals surface area contributed by atoms with E-state index in [0.29, 0.717) is 12.0 Å². The number of hydrogen-bond donors (Lipinski definition) is 0. The van der Waals surface area contributed by atoms with Crippen LogP contribution in [0.1, 0.15) is 102 Å². The third-order valence-electron chi connectivity index (χ3n) is 6.02. The topological polar surface area (TPSA) is 57.2 Å². The van der Waals surface area contributed by atoms with Gasteiger partial charge in [0.15, 0.2) is 0 Å². The van der Waals surface area contributed by atoms with Crippen molar-refractivity contribution in [1.29, 1.82) is 0 Å². The molecule has 0 aliphatic heterocycles. The zero-order valence-electron chi connectivity index (χ0n) is 19.9. The Labute approximate surface area is 212 Å². The fraction of sp³-hybridized carbons (Fsp3) is 0.615. The normalized spacial score (nSPS) is 11.6. The van der Waals surface area contributed by atoms with E-state index >= 15 is 0 Å². The van der Waals surface area contributed by atoms with Gasteiger partial charge >= 0.3 is 29.6 Å². The van der Waals surface area contributed by atoms with E-state index in [1.807, 2.05) is 12.1 Å². The zero-order chi connectivity index (χ0) is 21.8. The molecule has 0 spiro atoms. The summed E-state index contributed by atoms with van der Waals surface area (Å²) < 4.78 is 36.0. The molecule has 0 radical (unpaired) electrons. The Morgan fingerprint density at radius 3 is 1.77 bits per heavy atom. The van der Waals surface area contributed by atoms with E-state index in [1.165, 1.54) is 57.8 Å². The molecule has 0 saturated heterocycles. The molecule has 5 heteroatoms. The van der Waals surface area contributed by atoms with Gasteiger partial charge < -0.3 is 4.55 Å². The van der Waals surface area contributed by atoms with Crippen molar-refractivity contribution in [1.82, 2.24) is 0 Å². The van der Waals surface area contributed by atoms with E-state index in [0.717, 1.165) is 42.0 Å². The fourth-order valence-electron chi connectivity index (χ4n) is 4.26. The van der Waals surface area contributed by atoms with Gasteiger partial charge in [-0.05, 0) is 59.7 Å². The van der Waals surface area contributed by atoms with E-state index in [2.05, 4.69) is 26.0 Å². The molecule has 0 aromatic heterocycles. The van der Waals surface area contributed by atoms with Crippen molar-refractivity contribution in [2.24, 2.45) is 0 Å². The second-order valence-corrected chi connectivity index (χ2v) is 9.94. The number of benzene rings is 2. The smallest absolute Gasteiger partial charge is 0.744 e. The molecule has 0 unspecified atom stereocenters. The monoisotopic (exact) mass is 454 g/mol. The minimum Gasteiger partial charge on any atom is -0.744 e. The molecule has 0 aliphatic rings. The Bertz CT molecular complexity index is 878. The van der Waals surface area contributed by atoms with Crippen LogP contribution < -0.4 is 29.6 Å². The van der Waals surface area contributed by atoms with Gasteiger partial charge in [0.25, 0.3) is 0 Å². The molecule has 3 nitrogen and oxygen atoms in total. The third-order valence-corrected chi connectivity index (χ3v) is 6.94. The van der Waals surface area contributed by atoms with E-state index in [1.54, 1.807) is 6.07 Å². The first kappa shape index (κ1) is 28.6. The first-order valence-corrected chi connectivity index (χ1v) is 13.4. The van der Waals surface area contributed by atoms with Crippen LogP contribution in [0.4, 0.5) is 0 Å². The van der Waals surface area contributed by atoms with Crippen LogP contribution in [0.15, 0.2) is 35.2 Å². The summed E-state index contributed by atoms with van der Waals surface area (Å²) in [7, 11) is -4.48. The maximum atomic E-state index is 12.0. The van der Waals surface area contributed by atoms with Crippen LogP contribution >= 0.6 is 0 Å². The van der Waals surface area contributed by atoms with Gasteiger partial charge in [-0.25, -0.2) is 8.42 Å². The average molecular weight is 455 g/mol. The first-order valence-electron chi connectivity index (χ1n) is 12.0. The van der Waals surface area contributed by atoms with Crippen LogP contribution in [0.2, 0.25) is 0 Å². The van der Waals surface area contributed by atoms with Crippen LogP contribution in [0.5, 0.6) is 0 Å². The summed E-state index contributed by atoms with van der Waals surface area (Å²) in [5.74, 6) is 0.